The van der Waals surface area contributed by atoms with Crippen molar-refractivity contribution in [2.75, 3.05) is 35.7 Å². The third kappa shape index (κ3) is 3.11. The Balaban J connectivity index is 1.24. The van der Waals surface area contributed by atoms with Gasteiger partial charge in [0.25, 0.3) is 0 Å². The average molecular weight is 413 g/mol. The van der Waals surface area contributed by atoms with Gasteiger partial charge >= 0.3 is 0 Å². The third-order valence-corrected chi connectivity index (χ3v) is 7.55. The predicted molar refractivity (Wildman–Crippen MR) is 115 cm³/mol. The van der Waals surface area contributed by atoms with Crippen LogP contribution in [0.1, 0.15) is 45.2 Å². The molecule has 2 bridgehead atoms. The number of nitrogens with one attached hydrogen (secondary N) is 2. The lowest BCUT2D eigenvalue weighted by Crippen LogP contribution is -2.59. The van der Waals surface area contributed by atoms with Crippen LogP contribution in [0.2, 0.25) is 0 Å². The Morgan fingerprint density at radius 2 is 1.97 bits per heavy atom. The second-order valence-electron chi connectivity index (χ2n) is 9.99. The molecule has 4 unspecified atom stereocenters. The van der Waals surface area contributed by atoms with Gasteiger partial charge in [0.05, 0.1) is 11.7 Å². The van der Waals surface area contributed by atoms with Gasteiger partial charge in [0.2, 0.25) is 17.8 Å². The van der Waals surface area contributed by atoms with Crippen LogP contribution in [0.3, 0.4) is 0 Å². The average Bonchev–Trinajstić information content (AvgIpc) is 3.28. The molecular weight excluding hydrogens is 380 g/mol. The summed E-state index contributed by atoms with van der Waals surface area (Å²) < 4.78 is 0. The number of anilines is 3. The molecule has 2 aliphatic carbocycles. The number of aromatic nitrogens is 2. The normalized spacial score (nSPS) is 30.4. The minimum atomic E-state index is -0.252. The summed E-state index contributed by atoms with van der Waals surface area (Å²) in [6.45, 7) is 7.40. The van der Waals surface area contributed by atoms with Crippen LogP contribution in [0.5, 0.6) is 0 Å². The smallest absolute Gasteiger partial charge is 0.247 e. The van der Waals surface area contributed by atoms with Gasteiger partial charge < -0.3 is 20.4 Å². The molecule has 2 aliphatic heterocycles. The van der Waals surface area contributed by atoms with Crippen molar-refractivity contribution in [2.45, 2.75) is 58.5 Å². The summed E-state index contributed by atoms with van der Waals surface area (Å²) in [5.41, 5.74) is 1.44. The molecule has 5 rings (SSSR count). The van der Waals surface area contributed by atoms with Crippen LogP contribution in [0.25, 0.3) is 0 Å². The molecule has 0 radical (unpaired) electrons. The highest BCUT2D eigenvalue weighted by atomic mass is 16.2. The van der Waals surface area contributed by atoms with Gasteiger partial charge in [-0.2, -0.15) is 4.98 Å². The van der Waals surface area contributed by atoms with E-state index < -0.39 is 0 Å². The number of nitrogens with zero attached hydrogens (tertiary/aromatic N) is 4. The molecule has 1 aromatic rings. The second kappa shape index (κ2) is 7.10. The topological polar surface area (TPSA) is 90.5 Å². The summed E-state index contributed by atoms with van der Waals surface area (Å²) in [6.07, 6.45) is 4.91. The molecule has 4 aliphatic rings. The lowest BCUT2D eigenvalue weighted by atomic mass is 9.87. The molecule has 1 saturated heterocycles. The van der Waals surface area contributed by atoms with Gasteiger partial charge in [0.15, 0.2) is 5.82 Å². The fourth-order valence-corrected chi connectivity index (χ4v) is 5.99. The van der Waals surface area contributed by atoms with Crippen LogP contribution in [-0.4, -0.2) is 58.9 Å². The number of likely N-dealkylation sites (N-methyl/N-ethyl adjacent to an activating group) is 1. The van der Waals surface area contributed by atoms with E-state index in [-0.39, 0.29) is 29.8 Å². The molecule has 30 heavy (non-hydrogen) atoms. The Morgan fingerprint density at radius 3 is 2.60 bits per heavy atom. The van der Waals surface area contributed by atoms with E-state index in [1.54, 1.807) is 0 Å². The highest BCUT2D eigenvalue weighted by Crippen LogP contribution is 2.49. The maximum absolute atomic E-state index is 12.9. The Kier molecular flexibility index (Phi) is 4.63. The quantitative estimate of drug-likeness (QED) is 0.788. The van der Waals surface area contributed by atoms with E-state index in [4.69, 9.17) is 4.98 Å². The molecule has 1 aromatic heterocycles. The zero-order valence-electron chi connectivity index (χ0n) is 18.3. The summed E-state index contributed by atoms with van der Waals surface area (Å²) in [5.74, 6) is 3.50. The van der Waals surface area contributed by atoms with E-state index >= 15 is 0 Å². The van der Waals surface area contributed by atoms with E-state index in [0.29, 0.717) is 36.6 Å². The Labute approximate surface area is 177 Å². The monoisotopic (exact) mass is 412 g/mol. The van der Waals surface area contributed by atoms with Gasteiger partial charge in [-0.15, -0.1) is 0 Å². The minimum absolute atomic E-state index is 0.0128. The first kappa shape index (κ1) is 19.6. The SMILES string of the molecule is Cc1nc(NC2CN(C(=O)C3CC4CCC3C4)C2)nc2c1NC(=O)C(C(C)C)N2C. The van der Waals surface area contributed by atoms with Crippen molar-refractivity contribution in [2.24, 2.45) is 23.7 Å². The van der Waals surface area contributed by atoms with Crippen molar-refractivity contribution >= 4 is 29.3 Å². The molecule has 2 saturated carbocycles. The van der Waals surface area contributed by atoms with Crippen LogP contribution in [0.4, 0.5) is 17.5 Å². The van der Waals surface area contributed by atoms with Gasteiger partial charge in [0.1, 0.15) is 11.7 Å². The van der Waals surface area contributed by atoms with Gasteiger partial charge in [-0.1, -0.05) is 20.3 Å². The Hall–Kier alpha value is -2.38. The molecule has 0 spiro atoms. The number of rotatable bonds is 4. The van der Waals surface area contributed by atoms with Crippen LogP contribution < -0.4 is 15.5 Å². The van der Waals surface area contributed by atoms with E-state index in [0.717, 1.165) is 23.9 Å². The third-order valence-electron chi connectivity index (χ3n) is 7.55. The zero-order valence-corrected chi connectivity index (χ0v) is 18.3. The van der Waals surface area contributed by atoms with Crippen molar-refractivity contribution in [1.29, 1.82) is 0 Å². The highest BCUT2D eigenvalue weighted by molar-refractivity contribution is 6.03. The van der Waals surface area contributed by atoms with Gasteiger partial charge in [0, 0.05) is 26.1 Å². The van der Waals surface area contributed by atoms with Crippen LogP contribution in [-0.2, 0) is 9.59 Å². The van der Waals surface area contributed by atoms with Crippen molar-refractivity contribution in [3.8, 4) is 0 Å². The first-order chi connectivity index (χ1) is 14.3. The van der Waals surface area contributed by atoms with Crippen molar-refractivity contribution in [3.05, 3.63) is 5.69 Å². The molecule has 4 atom stereocenters. The summed E-state index contributed by atoms with van der Waals surface area (Å²) in [7, 11) is 1.91. The zero-order chi connectivity index (χ0) is 21.2. The van der Waals surface area contributed by atoms with Crippen molar-refractivity contribution in [3.63, 3.8) is 0 Å². The molecule has 2 N–H and O–H groups in total. The number of likely N-dealkylation sites (tertiary alicyclic amines) is 1. The summed E-state index contributed by atoms with van der Waals surface area (Å²) in [4.78, 5) is 38.5. The summed E-state index contributed by atoms with van der Waals surface area (Å²) in [5, 5.41) is 6.38. The molecule has 2 amide bonds. The number of amides is 2. The fraction of sp³-hybridized carbons (Fsp3) is 0.727. The summed E-state index contributed by atoms with van der Waals surface area (Å²) >= 11 is 0. The lowest BCUT2D eigenvalue weighted by molar-refractivity contribution is -0.141. The molecule has 8 nitrogen and oxygen atoms in total. The lowest BCUT2D eigenvalue weighted by Gasteiger charge is -2.42. The Morgan fingerprint density at radius 1 is 1.20 bits per heavy atom. The number of hydrogen-bond acceptors (Lipinski definition) is 6. The van der Waals surface area contributed by atoms with Gasteiger partial charge in [-0.25, -0.2) is 4.98 Å². The van der Waals surface area contributed by atoms with E-state index in [1.807, 2.05) is 37.6 Å². The van der Waals surface area contributed by atoms with Gasteiger partial charge in [-0.05, 0) is 43.9 Å². The first-order valence-corrected chi connectivity index (χ1v) is 11.3. The fourth-order valence-electron chi connectivity index (χ4n) is 5.99. The first-order valence-electron chi connectivity index (χ1n) is 11.3. The van der Waals surface area contributed by atoms with Crippen LogP contribution in [0, 0.1) is 30.6 Å². The van der Waals surface area contributed by atoms with E-state index in [1.165, 1.54) is 19.3 Å². The number of carbonyl (C=O) groups is 2. The van der Waals surface area contributed by atoms with E-state index in [9.17, 15) is 9.59 Å². The Bertz CT molecular complexity index is 881. The van der Waals surface area contributed by atoms with Gasteiger partial charge in [-0.3, -0.25) is 9.59 Å². The molecule has 8 heteroatoms. The molecular formula is C22H32N6O2. The number of carbonyl (C=O) groups excluding carboxylic acids is 2. The molecule has 162 valence electrons. The predicted octanol–water partition coefficient (Wildman–Crippen LogP) is 2.26. The van der Waals surface area contributed by atoms with Crippen molar-refractivity contribution < 1.29 is 9.59 Å². The van der Waals surface area contributed by atoms with Crippen molar-refractivity contribution in [1.82, 2.24) is 14.9 Å². The molecule has 0 aromatic carbocycles. The number of hydrogen-bond donors (Lipinski definition) is 2. The molecule has 3 fully saturated rings. The highest BCUT2D eigenvalue weighted by Gasteiger charge is 2.46. The minimum Gasteiger partial charge on any atom is -0.348 e. The maximum atomic E-state index is 12.9. The maximum Gasteiger partial charge on any atom is 0.247 e. The van der Waals surface area contributed by atoms with Crippen LogP contribution >= 0.6 is 0 Å². The standard InChI is InChI=1S/C22H32N6O2/c1-11(2)18-20(29)25-17-12(3)23-22(26-19(17)27(18)4)24-15-9-28(10-15)21(30)16-8-13-5-6-14(16)7-13/h11,13-16,18H,5-10H2,1-4H3,(H,25,29)(H,23,24,26). The summed E-state index contributed by atoms with van der Waals surface area (Å²) in [6, 6.07) is -0.0763. The number of fused-ring (bicyclic) bond motifs is 3. The second-order valence-corrected chi connectivity index (χ2v) is 9.99. The largest absolute Gasteiger partial charge is 0.348 e. The molecule has 3 heterocycles. The number of aryl methyl sites for hydroxylation is 1. The van der Waals surface area contributed by atoms with E-state index in [2.05, 4.69) is 15.6 Å². The van der Waals surface area contributed by atoms with Crippen LogP contribution in [0.15, 0.2) is 0 Å².